The maximum absolute atomic E-state index is 11.3. The van der Waals surface area contributed by atoms with Gasteiger partial charge < -0.3 is 10.2 Å². The van der Waals surface area contributed by atoms with Crippen molar-refractivity contribution in [1.29, 1.82) is 0 Å². The summed E-state index contributed by atoms with van der Waals surface area (Å²) in [6.07, 6.45) is 5.77. The van der Waals surface area contributed by atoms with Crippen LogP contribution in [0.4, 0.5) is 0 Å². The maximum Gasteiger partial charge on any atom is 0.222 e. The second-order valence-electron chi connectivity index (χ2n) is 5.19. The molecule has 0 aromatic carbocycles. The summed E-state index contributed by atoms with van der Waals surface area (Å²) in [5, 5.41) is 3.72. The molecule has 0 spiro atoms. The minimum absolute atomic E-state index is 0.299. The molecule has 0 aromatic rings. The molecule has 3 atom stereocenters. The molecular weight excluding hydrogens is 188 g/mol. The predicted molar refractivity (Wildman–Crippen MR) is 60.6 cm³/mol. The minimum Gasteiger partial charge on any atom is -0.344 e. The van der Waals surface area contributed by atoms with Gasteiger partial charge in [0.05, 0.1) is 0 Å². The maximum atomic E-state index is 11.3. The average molecular weight is 210 g/mol. The van der Waals surface area contributed by atoms with Gasteiger partial charge in [-0.05, 0) is 25.2 Å². The molecule has 1 saturated heterocycles. The largest absolute Gasteiger partial charge is 0.344 e. The zero-order valence-electron chi connectivity index (χ0n) is 9.83. The molecule has 2 aliphatic rings. The van der Waals surface area contributed by atoms with E-state index in [1.165, 1.54) is 19.3 Å². The summed E-state index contributed by atoms with van der Waals surface area (Å²) in [4.78, 5) is 13.2. The highest BCUT2D eigenvalue weighted by Gasteiger charge is 2.28. The van der Waals surface area contributed by atoms with E-state index < -0.39 is 0 Å². The number of piperidine rings is 1. The molecule has 2 rings (SSSR count). The molecule has 1 aliphatic carbocycles. The molecule has 1 aliphatic heterocycles. The molecule has 3 heteroatoms. The van der Waals surface area contributed by atoms with E-state index in [1.54, 1.807) is 0 Å². The Labute approximate surface area is 92.2 Å². The smallest absolute Gasteiger partial charge is 0.222 e. The lowest BCUT2D eigenvalue weighted by Crippen LogP contribution is -2.50. The Morgan fingerprint density at radius 2 is 2.13 bits per heavy atom. The van der Waals surface area contributed by atoms with Crippen molar-refractivity contribution in [2.45, 2.75) is 51.1 Å². The van der Waals surface area contributed by atoms with Gasteiger partial charge in [-0.1, -0.05) is 13.3 Å². The Kier molecular flexibility index (Phi) is 3.29. The Morgan fingerprint density at radius 3 is 2.73 bits per heavy atom. The van der Waals surface area contributed by atoms with Crippen LogP contribution < -0.4 is 5.32 Å². The van der Waals surface area contributed by atoms with E-state index in [-0.39, 0.29) is 0 Å². The van der Waals surface area contributed by atoms with E-state index in [2.05, 4.69) is 12.2 Å². The Hall–Kier alpha value is -0.570. The number of nitrogens with zero attached hydrogens (tertiary/aromatic N) is 1. The number of amides is 1. The summed E-state index contributed by atoms with van der Waals surface area (Å²) in [5.74, 6) is 1.11. The SMILES string of the molecule is CC1CCCC1NC1CCC(=O)N(C)C1. The third-order valence-corrected chi connectivity index (χ3v) is 3.94. The van der Waals surface area contributed by atoms with Crippen LogP contribution in [-0.2, 0) is 4.79 Å². The summed E-state index contributed by atoms with van der Waals surface area (Å²) < 4.78 is 0. The summed E-state index contributed by atoms with van der Waals surface area (Å²) >= 11 is 0. The Bertz CT molecular complexity index is 242. The Morgan fingerprint density at radius 1 is 1.33 bits per heavy atom. The highest BCUT2D eigenvalue weighted by Crippen LogP contribution is 2.26. The number of carbonyl (C=O) groups excluding carboxylic acids is 1. The van der Waals surface area contributed by atoms with Crippen LogP contribution in [0.5, 0.6) is 0 Å². The first kappa shape index (κ1) is 10.9. The lowest BCUT2D eigenvalue weighted by molar-refractivity contribution is -0.132. The van der Waals surface area contributed by atoms with Crippen molar-refractivity contribution >= 4 is 5.91 Å². The molecule has 15 heavy (non-hydrogen) atoms. The van der Waals surface area contributed by atoms with Crippen LogP contribution in [0, 0.1) is 5.92 Å². The number of rotatable bonds is 2. The van der Waals surface area contributed by atoms with E-state index >= 15 is 0 Å². The first-order chi connectivity index (χ1) is 7.16. The number of hydrogen-bond donors (Lipinski definition) is 1. The van der Waals surface area contributed by atoms with Crippen molar-refractivity contribution < 1.29 is 4.79 Å². The molecule has 1 N–H and O–H groups in total. The quantitative estimate of drug-likeness (QED) is 0.747. The van der Waals surface area contributed by atoms with Crippen LogP contribution >= 0.6 is 0 Å². The lowest BCUT2D eigenvalue weighted by atomic mass is 10.0. The monoisotopic (exact) mass is 210 g/mol. The molecule has 1 saturated carbocycles. The van der Waals surface area contributed by atoms with Crippen molar-refractivity contribution in [1.82, 2.24) is 10.2 Å². The second kappa shape index (κ2) is 4.52. The van der Waals surface area contributed by atoms with E-state index in [4.69, 9.17) is 0 Å². The van der Waals surface area contributed by atoms with Gasteiger partial charge in [-0.2, -0.15) is 0 Å². The molecule has 0 aromatic heterocycles. The van der Waals surface area contributed by atoms with Gasteiger partial charge in [0.2, 0.25) is 5.91 Å². The average Bonchev–Trinajstić information content (AvgIpc) is 2.59. The fourth-order valence-electron chi connectivity index (χ4n) is 2.84. The standard InChI is InChI=1S/C12H22N2O/c1-9-4-3-5-11(9)13-10-6-7-12(15)14(2)8-10/h9-11,13H,3-8H2,1-2H3. The van der Waals surface area contributed by atoms with E-state index in [0.29, 0.717) is 18.0 Å². The summed E-state index contributed by atoms with van der Waals surface area (Å²) in [6, 6.07) is 1.22. The summed E-state index contributed by atoms with van der Waals surface area (Å²) in [7, 11) is 1.91. The zero-order chi connectivity index (χ0) is 10.8. The highest BCUT2D eigenvalue weighted by atomic mass is 16.2. The first-order valence-corrected chi connectivity index (χ1v) is 6.17. The van der Waals surface area contributed by atoms with Crippen LogP contribution in [0.1, 0.15) is 39.0 Å². The van der Waals surface area contributed by atoms with Crippen molar-refractivity contribution in [2.24, 2.45) is 5.92 Å². The van der Waals surface area contributed by atoms with Gasteiger partial charge in [-0.3, -0.25) is 4.79 Å². The van der Waals surface area contributed by atoms with Crippen LogP contribution in [0.3, 0.4) is 0 Å². The van der Waals surface area contributed by atoms with Crippen molar-refractivity contribution in [3.05, 3.63) is 0 Å². The molecule has 3 unspecified atom stereocenters. The molecule has 3 nitrogen and oxygen atoms in total. The number of likely N-dealkylation sites (tertiary alicyclic amines) is 1. The van der Waals surface area contributed by atoms with Gasteiger partial charge >= 0.3 is 0 Å². The van der Waals surface area contributed by atoms with Crippen molar-refractivity contribution in [3.8, 4) is 0 Å². The van der Waals surface area contributed by atoms with Crippen molar-refractivity contribution in [2.75, 3.05) is 13.6 Å². The second-order valence-corrected chi connectivity index (χ2v) is 5.19. The van der Waals surface area contributed by atoms with Crippen LogP contribution in [0.15, 0.2) is 0 Å². The minimum atomic E-state index is 0.299. The van der Waals surface area contributed by atoms with Gasteiger partial charge in [0, 0.05) is 32.1 Å². The molecule has 2 fully saturated rings. The van der Waals surface area contributed by atoms with Gasteiger partial charge in [-0.25, -0.2) is 0 Å². The number of hydrogen-bond acceptors (Lipinski definition) is 2. The van der Waals surface area contributed by atoms with Gasteiger partial charge in [0.1, 0.15) is 0 Å². The molecule has 1 amide bonds. The molecule has 86 valence electrons. The predicted octanol–water partition coefficient (Wildman–Crippen LogP) is 1.39. The molecule has 0 radical (unpaired) electrons. The molecule has 0 bridgehead atoms. The van der Waals surface area contributed by atoms with Crippen LogP contribution in [0.25, 0.3) is 0 Å². The number of carbonyl (C=O) groups is 1. The third kappa shape index (κ3) is 2.51. The first-order valence-electron chi connectivity index (χ1n) is 6.17. The number of likely N-dealkylation sites (N-methyl/N-ethyl adjacent to an activating group) is 1. The Balaban J connectivity index is 1.82. The van der Waals surface area contributed by atoms with E-state index in [0.717, 1.165) is 25.3 Å². The van der Waals surface area contributed by atoms with Gasteiger partial charge in [0.15, 0.2) is 0 Å². The van der Waals surface area contributed by atoms with E-state index in [9.17, 15) is 4.79 Å². The fourth-order valence-corrected chi connectivity index (χ4v) is 2.84. The van der Waals surface area contributed by atoms with E-state index in [1.807, 2.05) is 11.9 Å². The van der Waals surface area contributed by atoms with Crippen LogP contribution in [-0.4, -0.2) is 36.5 Å². The lowest BCUT2D eigenvalue weighted by Gasteiger charge is -2.33. The fraction of sp³-hybridized carbons (Fsp3) is 0.917. The van der Waals surface area contributed by atoms with Gasteiger partial charge in [0.25, 0.3) is 0 Å². The zero-order valence-corrected chi connectivity index (χ0v) is 9.83. The topological polar surface area (TPSA) is 32.3 Å². The van der Waals surface area contributed by atoms with Crippen LogP contribution in [0.2, 0.25) is 0 Å². The number of nitrogens with one attached hydrogen (secondary N) is 1. The van der Waals surface area contributed by atoms with Gasteiger partial charge in [-0.15, -0.1) is 0 Å². The summed E-state index contributed by atoms with van der Waals surface area (Å²) in [5.41, 5.74) is 0. The molecule has 1 heterocycles. The normalized spacial score (nSPS) is 37.3. The third-order valence-electron chi connectivity index (χ3n) is 3.94. The molecular formula is C12H22N2O. The van der Waals surface area contributed by atoms with Crippen molar-refractivity contribution in [3.63, 3.8) is 0 Å². The summed E-state index contributed by atoms with van der Waals surface area (Å²) in [6.45, 7) is 3.23. The highest BCUT2D eigenvalue weighted by molar-refractivity contribution is 5.76.